The van der Waals surface area contributed by atoms with E-state index in [9.17, 15) is 9.18 Å². The second-order valence-electron chi connectivity index (χ2n) is 6.22. The first-order valence-corrected chi connectivity index (χ1v) is 8.86. The number of nitrogens with one attached hydrogen (secondary N) is 1. The third kappa shape index (κ3) is 4.86. The number of carbonyl (C=O) groups excluding carboxylic acids is 1. The number of rotatable bonds is 7. The van der Waals surface area contributed by atoms with Crippen LogP contribution in [0.2, 0.25) is 0 Å². The molecule has 1 N–H and O–H groups in total. The van der Waals surface area contributed by atoms with E-state index in [1.807, 2.05) is 12.1 Å². The van der Waals surface area contributed by atoms with E-state index in [4.69, 9.17) is 9.15 Å². The van der Waals surface area contributed by atoms with Crippen LogP contribution in [0.3, 0.4) is 0 Å². The fraction of sp³-hybridized carbons (Fsp3) is 0.0952. The highest BCUT2D eigenvalue weighted by Crippen LogP contribution is 2.16. The van der Waals surface area contributed by atoms with Gasteiger partial charge in [0.2, 0.25) is 0 Å². The van der Waals surface area contributed by atoms with Crippen LogP contribution in [0, 0.1) is 5.82 Å². The second kappa shape index (κ2) is 8.39. The van der Waals surface area contributed by atoms with Gasteiger partial charge in [0.25, 0.3) is 5.91 Å². The molecule has 0 radical (unpaired) electrons. The highest BCUT2D eigenvalue weighted by Gasteiger charge is 2.13. The SMILES string of the molecule is O=C(Nc1ccn(Cc2cccnc2)n1)c1ccc(COc2ccc(F)cc2)o1. The van der Waals surface area contributed by atoms with Crippen molar-refractivity contribution in [3.8, 4) is 5.75 Å². The molecule has 1 amide bonds. The number of furan rings is 1. The molecule has 0 aliphatic carbocycles. The summed E-state index contributed by atoms with van der Waals surface area (Å²) in [5.41, 5.74) is 1.00. The van der Waals surface area contributed by atoms with E-state index in [-0.39, 0.29) is 18.2 Å². The van der Waals surface area contributed by atoms with Crippen molar-refractivity contribution in [1.82, 2.24) is 14.8 Å². The van der Waals surface area contributed by atoms with Gasteiger partial charge in [-0.25, -0.2) is 4.39 Å². The van der Waals surface area contributed by atoms with Gasteiger partial charge < -0.3 is 14.5 Å². The first-order chi connectivity index (χ1) is 14.2. The lowest BCUT2D eigenvalue weighted by atomic mass is 10.3. The Balaban J connectivity index is 1.32. The van der Waals surface area contributed by atoms with Crippen LogP contribution in [0.15, 0.2) is 77.6 Å². The quantitative estimate of drug-likeness (QED) is 0.516. The minimum atomic E-state index is -0.412. The number of anilines is 1. The molecule has 0 spiro atoms. The van der Waals surface area contributed by atoms with E-state index in [2.05, 4.69) is 15.4 Å². The number of carbonyl (C=O) groups is 1. The summed E-state index contributed by atoms with van der Waals surface area (Å²) in [7, 11) is 0. The maximum atomic E-state index is 12.9. The molecule has 1 aromatic carbocycles. The molecule has 0 bridgehead atoms. The molecule has 29 heavy (non-hydrogen) atoms. The van der Waals surface area contributed by atoms with Crippen LogP contribution >= 0.6 is 0 Å². The Morgan fingerprint density at radius 3 is 2.79 bits per heavy atom. The molecule has 0 saturated heterocycles. The Kier molecular flexibility index (Phi) is 5.33. The van der Waals surface area contributed by atoms with Crippen LogP contribution in [-0.4, -0.2) is 20.7 Å². The van der Waals surface area contributed by atoms with Crippen molar-refractivity contribution in [2.75, 3.05) is 5.32 Å². The van der Waals surface area contributed by atoms with Crippen molar-refractivity contribution in [3.05, 3.63) is 96.1 Å². The van der Waals surface area contributed by atoms with E-state index < -0.39 is 5.91 Å². The average Bonchev–Trinajstić information content (AvgIpc) is 3.38. The zero-order valence-corrected chi connectivity index (χ0v) is 15.3. The molecule has 4 aromatic rings. The van der Waals surface area contributed by atoms with Crippen molar-refractivity contribution < 1.29 is 18.3 Å². The Labute approximate surface area is 165 Å². The zero-order chi connectivity index (χ0) is 20.1. The maximum Gasteiger partial charge on any atom is 0.292 e. The van der Waals surface area contributed by atoms with Gasteiger partial charge in [-0.1, -0.05) is 6.07 Å². The van der Waals surface area contributed by atoms with E-state index in [1.165, 1.54) is 24.3 Å². The fourth-order valence-corrected chi connectivity index (χ4v) is 2.64. The van der Waals surface area contributed by atoms with Gasteiger partial charge >= 0.3 is 0 Å². The highest BCUT2D eigenvalue weighted by molar-refractivity contribution is 6.01. The normalized spacial score (nSPS) is 10.7. The van der Waals surface area contributed by atoms with Crippen LogP contribution < -0.4 is 10.1 Å². The predicted molar refractivity (Wildman–Crippen MR) is 103 cm³/mol. The van der Waals surface area contributed by atoms with Gasteiger partial charge in [-0.15, -0.1) is 0 Å². The van der Waals surface area contributed by atoms with Crippen molar-refractivity contribution in [2.45, 2.75) is 13.2 Å². The first-order valence-electron chi connectivity index (χ1n) is 8.86. The molecule has 7 nitrogen and oxygen atoms in total. The summed E-state index contributed by atoms with van der Waals surface area (Å²) in [5, 5.41) is 7.02. The van der Waals surface area contributed by atoms with Gasteiger partial charge in [-0.3, -0.25) is 14.5 Å². The van der Waals surface area contributed by atoms with Crippen LogP contribution in [0.5, 0.6) is 5.75 Å². The molecule has 0 aliphatic heterocycles. The Morgan fingerprint density at radius 1 is 1.14 bits per heavy atom. The molecule has 3 heterocycles. The molecular weight excluding hydrogens is 375 g/mol. The van der Waals surface area contributed by atoms with Crippen molar-refractivity contribution >= 4 is 11.7 Å². The number of pyridine rings is 1. The monoisotopic (exact) mass is 392 g/mol. The first kappa shape index (κ1) is 18.4. The van der Waals surface area contributed by atoms with Gasteiger partial charge in [0.15, 0.2) is 11.6 Å². The van der Waals surface area contributed by atoms with E-state index >= 15 is 0 Å². The average molecular weight is 392 g/mol. The van der Waals surface area contributed by atoms with Crippen molar-refractivity contribution in [3.63, 3.8) is 0 Å². The van der Waals surface area contributed by atoms with Crippen LogP contribution in [-0.2, 0) is 13.2 Å². The van der Waals surface area contributed by atoms with Gasteiger partial charge in [0, 0.05) is 24.7 Å². The largest absolute Gasteiger partial charge is 0.486 e. The maximum absolute atomic E-state index is 12.9. The summed E-state index contributed by atoms with van der Waals surface area (Å²) in [6, 6.07) is 14.4. The molecule has 0 saturated carbocycles. The van der Waals surface area contributed by atoms with Crippen LogP contribution in [0.25, 0.3) is 0 Å². The lowest BCUT2D eigenvalue weighted by Crippen LogP contribution is -2.12. The molecule has 8 heteroatoms. The van der Waals surface area contributed by atoms with E-state index in [1.54, 1.807) is 41.5 Å². The minimum absolute atomic E-state index is 0.124. The number of hydrogen-bond donors (Lipinski definition) is 1. The zero-order valence-electron chi connectivity index (χ0n) is 15.3. The molecule has 3 aromatic heterocycles. The van der Waals surface area contributed by atoms with Gasteiger partial charge in [0.05, 0.1) is 6.54 Å². The minimum Gasteiger partial charge on any atom is -0.486 e. The van der Waals surface area contributed by atoms with Crippen molar-refractivity contribution in [2.24, 2.45) is 0 Å². The van der Waals surface area contributed by atoms with E-state index in [0.717, 1.165) is 5.56 Å². The third-order valence-corrected chi connectivity index (χ3v) is 4.03. The molecule has 0 fully saturated rings. The number of halogens is 1. The molecule has 0 atom stereocenters. The summed E-state index contributed by atoms with van der Waals surface area (Å²) in [6.45, 7) is 0.675. The number of nitrogens with zero attached hydrogens (tertiary/aromatic N) is 3. The number of hydrogen-bond acceptors (Lipinski definition) is 5. The smallest absolute Gasteiger partial charge is 0.292 e. The molecule has 0 unspecified atom stereocenters. The fourth-order valence-electron chi connectivity index (χ4n) is 2.64. The Bertz CT molecular complexity index is 1090. The topological polar surface area (TPSA) is 82.2 Å². The van der Waals surface area contributed by atoms with Gasteiger partial charge in [-0.2, -0.15) is 5.10 Å². The summed E-state index contributed by atoms with van der Waals surface area (Å²) in [5.74, 6) is 0.792. The predicted octanol–water partition coefficient (Wildman–Crippen LogP) is 3.89. The summed E-state index contributed by atoms with van der Waals surface area (Å²) < 4.78 is 25.6. The van der Waals surface area contributed by atoms with Crippen LogP contribution in [0.4, 0.5) is 10.2 Å². The summed E-state index contributed by atoms with van der Waals surface area (Å²) in [4.78, 5) is 16.4. The molecule has 0 aliphatic rings. The number of benzene rings is 1. The highest BCUT2D eigenvalue weighted by atomic mass is 19.1. The number of aromatic nitrogens is 3. The lowest BCUT2D eigenvalue weighted by molar-refractivity contribution is 0.0992. The molecule has 4 rings (SSSR count). The number of amides is 1. The molecular formula is C21H17FN4O3. The van der Waals surface area contributed by atoms with E-state index in [0.29, 0.717) is 23.9 Å². The van der Waals surface area contributed by atoms with Gasteiger partial charge in [0.1, 0.15) is 23.9 Å². The van der Waals surface area contributed by atoms with Crippen molar-refractivity contribution in [1.29, 1.82) is 0 Å². The summed E-state index contributed by atoms with van der Waals surface area (Å²) >= 11 is 0. The second-order valence-corrected chi connectivity index (χ2v) is 6.22. The Morgan fingerprint density at radius 2 is 2.00 bits per heavy atom. The Hall–Kier alpha value is -3.94. The van der Waals surface area contributed by atoms with Gasteiger partial charge in [-0.05, 0) is 48.0 Å². The standard InChI is InChI=1S/C21H17FN4O3/c22-16-3-5-17(6-4-16)28-14-18-7-8-19(29-18)21(27)24-20-9-11-26(25-20)13-15-2-1-10-23-12-15/h1-12H,13-14H2,(H,24,25,27). The lowest BCUT2D eigenvalue weighted by Gasteiger charge is -2.04. The van der Waals surface area contributed by atoms with Crippen LogP contribution in [0.1, 0.15) is 21.9 Å². The summed E-state index contributed by atoms with van der Waals surface area (Å²) in [6.07, 6.45) is 5.24. The third-order valence-electron chi connectivity index (χ3n) is 4.03. The number of ether oxygens (including phenoxy) is 1. The molecule has 146 valence electrons.